The van der Waals surface area contributed by atoms with Crippen LogP contribution >= 0.6 is 0 Å². The zero-order valence-corrected chi connectivity index (χ0v) is 17.3. The molecule has 9 heteroatoms. The summed E-state index contributed by atoms with van der Waals surface area (Å²) in [6.07, 6.45) is 0. The summed E-state index contributed by atoms with van der Waals surface area (Å²) < 4.78 is 0. The van der Waals surface area contributed by atoms with E-state index < -0.39 is 0 Å². The summed E-state index contributed by atoms with van der Waals surface area (Å²) in [6, 6.07) is 0. The van der Waals surface area contributed by atoms with Crippen molar-refractivity contribution in [1.82, 2.24) is 30.7 Å². The van der Waals surface area contributed by atoms with E-state index in [0.717, 1.165) is 118 Å². The molecule has 3 aliphatic rings. The third kappa shape index (κ3) is 13.4. The van der Waals surface area contributed by atoms with Gasteiger partial charge in [0, 0.05) is 118 Å². The van der Waals surface area contributed by atoms with Crippen molar-refractivity contribution in [3.8, 4) is 0 Å². The van der Waals surface area contributed by atoms with Crippen LogP contribution in [0, 0.1) is 0 Å². The Hall–Kier alpha value is -0.360. The zero-order chi connectivity index (χ0) is 19.6. The van der Waals surface area contributed by atoms with Gasteiger partial charge in [0.05, 0.1) is 0 Å². The number of nitrogens with one attached hydrogen (secondary N) is 3. The summed E-state index contributed by atoms with van der Waals surface area (Å²) >= 11 is 0. The Morgan fingerprint density at radius 3 is 1.04 bits per heavy atom. The van der Waals surface area contributed by atoms with Crippen LogP contribution in [0.15, 0.2) is 0 Å². The van der Waals surface area contributed by atoms with Crippen LogP contribution in [0.5, 0.6) is 0 Å². The maximum absolute atomic E-state index is 5.48. The normalized spacial score (nSPS) is 22.3. The van der Waals surface area contributed by atoms with Gasteiger partial charge in [-0.3, -0.25) is 14.7 Å². The Morgan fingerprint density at radius 2 is 0.741 bits per heavy atom. The van der Waals surface area contributed by atoms with Gasteiger partial charge in [0.2, 0.25) is 0 Å². The van der Waals surface area contributed by atoms with Crippen molar-refractivity contribution in [3.63, 3.8) is 0 Å². The fraction of sp³-hybridized carbons (Fsp3) is 1.00. The highest BCUT2D eigenvalue weighted by molar-refractivity contribution is 4.71. The molecular weight excluding hydrogens is 342 g/mol. The van der Waals surface area contributed by atoms with Gasteiger partial charge in [-0.05, 0) is 0 Å². The smallest absolute Gasteiger partial charge is 0.0110 e. The van der Waals surface area contributed by atoms with E-state index in [1.165, 1.54) is 0 Å². The molecule has 3 saturated heterocycles. The lowest BCUT2D eigenvalue weighted by Gasteiger charge is -2.34. The maximum Gasteiger partial charge on any atom is 0.0110 e. The van der Waals surface area contributed by atoms with Gasteiger partial charge in [-0.2, -0.15) is 0 Å². The molecule has 9 N–H and O–H groups in total. The summed E-state index contributed by atoms with van der Waals surface area (Å²) in [5.74, 6) is 0. The number of nitrogens with zero attached hydrogens (tertiary/aromatic N) is 3. The van der Waals surface area contributed by atoms with Crippen molar-refractivity contribution in [3.05, 3.63) is 0 Å². The highest BCUT2D eigenvalue weighted by atomic mass is 15.3. The highest BCUT2D eigenvalue weighted by Crippen LogP contribution is 1.99. The fourth-order valence-electron chi connectivity index (χ4n) is 3.32. The molecule has 9 nitrogen and oxygen atoms in total. The lowest BCUT2D eigenvalue weighted by atomic mass is 10.3. The van der Waals surface area contributed by atoms with Crippen LogP contribution in [0.25, 0.3) is 0 Å². The van der Waals surface area contributed by atoms with E-state index in [9.17, 15) is 0 Å². The van der Waals surface area contributed by atoms with Gasteiger partial charge in [-0.25, -0.2) is 0 Å². The van der Waals surface area contributed by atoms with E-state index >= 15 is 0 Å². The van der Waals surface area contributed by atoms with Gasteiger partial charge >= 0.3 is 0 Å². The van der Waals surface area contributed by atoms with E-state index in [1.54, 1.807) is 0 Å². The van der Waals surface area contributed by atoms with Crippen molar-refractivity contribution in [1.29, 1.82) is 0 Å². The predicted molar refractivity (Wildman–Crippen MR) is 115 cm³/mol. The van der Waals surface area contributed by atoms with Crippen LogP contribution in [0.2, 0.25) is 0 Å². The molecule has 3 heterocycles. The van der Waals surface area contributed by atoms with Crippen molar-refractivity contribution >= 4 is 0 Å². The molecule has 0 bridgehead atoms. The molecule has 3 rings (SSSR count). The van der Waals surface area contributed by atoms with Gasteiger partial charge in [-0.15, -0.1) is 0 Å². The Balaban J connectivity index is 0.000000214. The van der Waals surface area contributed by atoms with Crippen molar-refractivity contribution in [2.24, 2.45) is 17.2 Å². The Bertz CT molecular complexity index is 273. The minimum atomic E-state index is 0.775. The van der Waals surface area contributed by atoms with Gasteiger partial charge in [0.15, 0.2) is 0 Å². The number of nitrogens with two attached hydrogens (primary N) is 3. The molecule has 0 aromatic rings. The van der Waals surface area contributed by atoms with Gasteiger partial charge < -0.3 is 33.2 Å². The van der Waals surface area contributed by atoms with Crippen LogP contribution in [-0.4, -0.2) is 133 Å². The first-order valence-corrected chi connectivity index (χ1v) is 10.7. The number of rotatable bonds is 6. The number of hydrogen-bond donors (Lipinski definition) is 6. The zero-order valence-electron chi connectivity index (χ0n) is 17.3. The lowest BCUT2D eigenvalue weighted by molar-refractivity contribution is 0.138. The topological polar surface area (TPSA) is 124 Å². The number of hydrogen-bond acceptors (Lipinski definition) is 9. The minimum Gasteiger partial charge on any atom is -0.329 e. The predicted octanol–water partition coefficient (Wildman–Crippen LogP) is -3.45. The summed E-state index contributed by atoms with van der Waals surface area (Å²) in [5.41, 5.74) is 16.4. The Labute approximate surface area is 166 Å². The largest absolute Gasteiger partial charge is 0.329 e. The van der Waals surface area contributed by atoms with Gasteiger partial charge in [-0.1, -0.05) is 0 Å². The van der Waals surface area contributed by atoms with Gasteiger partial charge in [0.25, 0.3) is 0 Å². The molecule has 0 amide bonds. The van der Waals surface area contributed by atoms with Crippen LogP contribution in [-0.2, 0) is 0 Å². The first-order valence-electron chi connectivity index (χ1n) is 10.7. The van der Waals surface area contributed by atoms with E-state index in [4.69, 9.17) is 17.2 Å². The molecule has 0 unspecified atom stereocenters. The minimum absolute atomic E-state index is 0.775. The summed E-state index contributed by atoms with van der Waals surface area (Å²) in [7, 11) is 0. The average Bonchev–Trinajstić information content (AvgIpc) is 2.73. The Kier molecular flexibility index (Phi) is 16.2. The second-order valence-corrected chi connectivity index (χ2v) is 7.14. The van der Waals surface area contributed by atoms with Crippen molar-refractivity contribution < 1.29 is 0 Å². The Morgan fingerprint density at radius 1 is 0.444 bits per heavy atom. The molecule has 0 radical (unpaired) electrons. The lowest BCUT2D eigenvalue weighted by Crippen LogP contribution is -2.48. The van der Waals surface area contributed by atoms with E-state index in [-0.39, 0.29) is 0 Å². The molecule has 27 heavy (non-hydrogen) atoms. The summed E-state index contributed by atoms with van der Waals surface area (Å²) in [6.45, 7) is 19.2. The van der Waals surface area contributed by atoms with E-state index in [2.05, 4.69) is 30.7 Å². The number of piperazine rings is 3. The van der Waals surface area contributed by atoms with Crippen molar-refractivity contribution in [2.75, 3.05) is 118 Å². The molecule has 0 atom stereocenters. The van der Waals surface area contributed by atoms with Gasteiger partial charge in [0.1, 0.15) is 0 Å². The molecule has 3 fully saturated rings. The van der Waals surface area contributed by atoms with Crippen LogP contribution in [0.3, 0.4) is 0 Å². The fourth-order valence-corrected chi connectivity index (χ4v) is 3.32. The van der Waals surface area contributed by atoms with Crippen molar-refractivity contribution in [2.45, 2.75) is 0 Å². The third-order valence-electron chi connectivity index (χ3n) is 4.97. The standard InChI is InChI=1S/C8H20N4.C6H15N3.C4H10N2/c9-1-3-11-5-7-12(4-2-10)8-6-11;7-1-4-9-5-2-8-3-6-9;1-2-6-4-3-5-1/h1-10H2;8H,1-7H2;5-6H,1-4H2. The summed E-state index contributed by atoms with van der Waals surface area (Å²) in [4.78, 5) is 7.20. The summed E-state index contributed by atoms with van der Waals surface area (Å²) in [5, 5.41) is 9.74. The van der Waals surface area contributed by atoms with Crippen LogP contribution in [0.1, 0.15) is 0 Å². The molecular formula is C18H45N9. The molecule has 0 spiro atoms. The average molecular weight is 388 g/mol. The molecule has 0 aliphatic carbocycles. The maximum atomic E-state index is 5.48. The molecule has 0 aromatic heterocycles. The van der Waals surface area contributed by atoms with Crippen LogP contribution < -0.4 is 33.2 Å². The monoisotopic (exact) mass is 387 g/mol. The quantitative estimate of drug-likeness (QED) is 0.276. The SMILES string of the molecule is C1CNCCN1.NCCN1CCN(CCN)CC1.NCCN1CCNCC1. The second-order valence-electron chi connectivity index (χ2n) is 7.14. The van der Waals surface area contributed by atoms with Crippen LogP contribution in [0.4, 0.5) is 0 Å². The molecule has 162 valence electrons. The molecule has 0 saturated carbocycles. The first-order chi connectivity index (χ1) is 13.3. The third-order valence-corrected chi connectivity index (χ3v) is 4.97. The first kappa shape index (κ1) is 24.7. The van der Waals surface area contributed by atoms with E-state index in [1.807, 2.05) is 0 Å². The second kappa shape index (κ2) is 17.7. The molecule has 3 aliphatic heterocycles. The van der Waals surface area contributed by atoms with E-state index in [0.29, 0.717) is 0 Å². The highest BCUT2D eigenvalue weighted by Gasteiger charge is 2.14. The molecule has 0 aromatic carbocycles.